The first-order valence-corrected chi connectivity index (χ1v) is 5.74. The Balaban J connectivity index is 2.88. The molecule has 0 radical (unpaired) electrons. The minimum atomic E-state index is -0.385. The molecule has 0 spiro atoms. The van der Waals surface area contributed by atoms with Gasteiger partial charge in [0, 0.05) is 28.3 Å². The maximum atomic E-state index is 10.7. The molecule has 6 heteroatoms. The topological polar surface area (TPSA) is 81.2 Å². The van der Waals surface area contributed by atoms with Crippen molar-refractivity contribution in [3.05, 3.63) is 32.3 Å². The molecule has 0 bridgehead atoms. The average Bonchev–Trinajstić information content (AvgIpc) is 2.22. The number of benzene rings is 1. The predicted octanol–water partition coefficient (Wildman–Crippen LogP) is 2.43. The van der Waals surface area contributed by atoms with E-state index in [0.717, 1.165) is 18.7 Å². The van der Waals surface area contributed by atoms with Gasteiger partial charge in [-0.15, -0.1) is 0 Å². The van der Waals surface area contributed by atoms with Crippen LogP contribution in [0.3, 0.4) is 0 Å². The number of nitro groups is 1. The number of rotatable bonds is 5. The molecule has 0 amide bonds. The van der Waals surface area contributed by atoms with Gasteiger partial charge in [0.1, 0.15) is 0 Å². The van der Waals surface area contributed by atoms with E-state index in [9.17, 15) is 10.1 Å². The van der Waals surface area contributed by atoms with Crippen molar-refractivity contribution in [2.45, 2.75) is 13.3 Å². The normalized spacial score (nSPS) is 10.2. The lowest BCUT2D eigenvalue weighted by Gasteiger charge is -2.09. The fraction of sp³-hybridized carbons (Fsp3) is 0.400. The average molecular weight is 288 g/mol. The third kappa shape index (κ3) is 3.18. The summed E-state index contributed by atoms with van der Waals surface area (Å²) in [6.07, 6.45) is 0.864. The third-order valence-electron chi connectivity index (χ3n) is 2.18. The van der Waals surface area contributed by atoms with Gasteiger partial charge in [0.05, 0.1) is 4.92 Å². The molecule has 0 fully saturated rings. The Morgan fingerprint density at radius 1 is 1.56 bits per heavy atom. The van der Waals surface area contributed by atoms with E-state index in [4.69, 9.17) is 5.73 Å². The molecule has 88 valence electrons. The van der Waals surface area contributed by atoms with Crippen molar-refractivity contribution in [1.29, 1.82) is 0 Å². The zero-order chi connectivity index (χ0) is 12.1. The second-order valence-electron chi connectivity index (χ2n) is 3.44. The SMILES string of the molecule is Cc1cc(NCCCN)c(Br)cc1[N+](=O)[O-]. The molecule has 16 heavy (non-hydrogen) atoms. The van der Waals surface area contributed by atoms with Gasteiger partial charge in [-0.05, 0) is 41.9 Å². The molecule has 0 aliphatic rings. The minimum Gasteiger partial charge on any atom is -0.384 e. The van der Waals surface area contributed by atoms with Crippen LogP contribution in [0.2, 0.25) is 0 Å². The van der Waals surface area contributed by atoms with Gasteiger partial charge in [0.25, 0.3) is 5.69 Å². The van der Waals surface area contributed by atoms with Crippen LogP contribution in [0.4, 0.5) is 11.4 Å². The Hall–Kier alpha value is -1.14. The quantitative estimate of drug-likeness (QED) is 0.495. The Morgan fingerprint density at radius 2 is 2.25 bits per heavy atom. The van der Waals surface area contributed by atoms with Crippen LogP contribution in [0.5, 0.6) is 0 Å². The first-order valence-electron chi connectivity index (χ1n) is 4.94. The Kier molecular flexibility index (Phi) is 4.70. The Bertz CT molecular complexity index is 396. The van der Waals surface area contributed by atoms with Gasteiger partial charge in [-0.25, -0.2) is 0 Å². The summed E-state index contributed by atoms with van der Waals surface area (Å²) in [7, 11) is 0. The molecule has 1 aromatic carbocycles. The summed E-state index contributed by atoms with van der Waals surface area (Å²) in [6, 6.07) is 3.28. The second kappa shape index (κ2) is 5.81. The van der Waals surface area contributed by atoms with Crippen LogP contribution >= 0.6 is 15.9 Å². The zero-order valence-corrected chi connectivity index (χ0v) is 10.6. The van der Waals surface area contributed by atoms with Crippen molar-refractivity contribution in [1.82, 2.24) is 0 Å². The van der Waals surface area contributed by atoms with E-state index in [1.165, 1.54) is 6.07 Å². The lowest BCUT2D eigenvalue weighted by molar-refractivity contribution is -0.385. The van der Waals surface area contributed by atoms with Crippen molar-refractivity contribution < 1.29 is 4.92 Å². The van der Waals surface area contributed by atoms with Gasteiger partial charge in [0.2, 0.25) is 0 Å². The maximum absolute atomic E-state index is 10.7. The highest BCUT2D eigenvalue weighted by Crippen LogP contribution is 2.30. The van der Waals surface area contributed by atoms with Gasteiger partial charge < -0.3 is 11.1 Å². The van der Waals surface area contributed by atoms with Gasteiger partial charge in [-0.2, -0.15) is 0 Å². The van der Waals surface area contributed by atoms with E-state index >= 15 is 0 Å². The molecule has 0 atom stereocenters. The number of anilines is 1. The summed E-state index contributed by atoms with van der Waals surface area (Å²) < 4.78 is 0.696. The van der Waals surface area contributed by atoms with E-state index in [1.54, 1.807) is 13.0 Å². The number of hydrogen-bond donors (Lipinski definition) is 2. The molecule has 0 aromatic heterocycles. The molecule has 0 heterocycles. The Labute approximate surface area is 102 Å². The maximum Gasteiger partial charge on any atom is 0.273 e. The van der Waals surface area contributed by atoms with Gasteiger partial charge >= 0.3 is 0 Å². The predicted molar refractivity (Wildman–Crippen MR) is 67.7 cm³/mol. The number of aryl methyl sites for hydroxylation is 1. The summed E-state index contributed by atoms with van der Waals surface area (Å²) >= 11 is 3.30. The summed E-state index contributed by atoms with van der Waals surface area (Å²) in [4.78, 5) is 10.3. The van der Waals surface area contributed by atoms with Crippen LogP contribution in [-0.4, -0.2) is 18.0 Å². The highest BCUT2D eigenvalue weighted by atomic mass is 79.9. The molecule has 0 unspecified atom stereocenters. The number of nitrogens with zero attached hydrogens (tertiary/aromatic N) is 1. The van der Waals surface area contributed by atoms with E-state index in [0.29, 0.717) is 16.6 Å². The monoisotopic (exact) mass is 287 g/mol. The van der Waals surface area contributed by atoms with Crippen molar-refractivity contribution in [2.75, 3.05) is 18.4 Å². The highest BCUT2D eigenvalue weighted by molar-refractivity contribution is 9.10. The fourth-order valence-electron chi connectivity index (χ4n) is 1.33. The van der Waals surface area contributed by atoms with Crippen molar-refractivity contribution in [3.63, 3.8) is 0 Å². The molecular weight excluding hydrogens is 274 g/mol. The highest BCUT2D eigenvalue weighted by Gasteiger charge is 2.13. The molecule has 0 saturated heterocycles. The van der Waals surface area contributed by atoms with Crippen LogP contribution in [0.1, 0.15) is 12.0 Å². The molecule has 0 aliphatic heterocycles. The third-order valence-corrected chi connectivity index (χ3v) is 2.83. The second-order valence-corrected chi connectivity index (χ2v) is 4.30. The zero-order valence-electron chi connectivity index (χ0n) is 9.00. The van der Waals surface area contributed by atoms with Crippen LogP contribution in [0, 0.1) is 17.0 Å². The largest absolute Gasteiger partial charge is 0.384 e. The van der Waals surface area contributed by atoms with Crippen LogP contribution in [0.15, 0.2) is 16.6 Å². The van der Waals surface area contributed by atoms with E-state index < -0.39 is 0 Å². The van der Waals surface area contributed by atoms with E-state index in [-0.39, 0.29) is 10.6 Å². The lowest BCUT2D eigenvalue weighted by atomic mass is 10.2. The first kappa shape index (κ1) is 12.9. The number of halogens is 1. The van der Waals surface area contributed by atoms with Gasteiger partial charge in [-0.1, -0.05) is 0 Å². The molecule has 0 saturated carbocycles. The number of nitro benzene ring substituents is 1. The van der Waals surface area contributed by atoms with Crippen molar-refractivity contribution in [3.8, 4) is 0 Å². The van der Waals surface area contributed by atoms with Crippen molar-refractivity contribution >= 4 is 27.3 Å². The molecule has 1 rings (SSSR count). The van der Waals surface area contributed by atoms with E-state index in [1.807, 2.05) is 0 Å². The first-order chi connectivity index (χ1) is 7.56. The standard InChI is InChI=1S/C10H14BrN3O2/c1-7-5-9(13-4-2-3-12)8(11)6-10(7)14(15)16/h5-6,13H,2-4,12H2,1H3. The number of nitrogens with one attached hydrogen (secondary N) is 1. The summed E-state index contributed by atoms with van der Waals surface area (Å²) in [5.41, 5.74) is 7.00. The molecule has 0 aliphatic carbocycles. The molecule has 5 nitrogen and oxygen atoms in total. The summed E-state index contributed by atoms with van der Waals surface area (Å²) in [5.74, 6) is 0. The smallest absolute Gasteiger partial charge is 0.273 e. The molecule has 3 N–H and O–H groups in total. The van der Waals surface area contributed by atoms with Gasteiger partial charge in [-0.3, -0.25) is 10.1 Å². The molecular formula is C10H14BrN3O2. The number of nitrogens with two attached hydrogens (primary N) is 1. The molecule has 1 aromatic rings. The minimum absolute atomic E-state index is 0.122. The number of hydrogen-bond acceptors (Lipinski definition) is 4. The van der Waals surface area contributed by atoms with Crippen molar-refractivity contribution in [2.24, 2.45) is 5.73 Å². The fourth-order valence-corrected chi connectivity index (χ4v) is 1.80. The summed E-state index contributed by atoms with van der Waals surface area (Å²) in [6.45, 7) is 3.10. The van der Waals surface area contributed by atoms with Gasteiger partial charge in [0.15, 0.2) is 0 Å². The van der Waals surface area contributed by atoms with E-state index in [2.05, 4.69) is 21.2 Å². The Morgan fingerprint density at radius 3 is 2.81 bits per heavy atom. The van der Waals surface area contributed by atoms with Crippen LogP contribution < -0.4 is 11.1 Å². The van der Waals surface area contributed by atoms with Crippen LogP contribution in [-0.2, 0) is 0 Å². The van der Waals surface area contributed by atoms with Crippen LogP contribution in [0.25, 0.3) is 0 Å². The lowest BCUT2D eigenvalue weighted by Crippen LogP contribution is -2.09. The summed E-state index contributed by atoms with van der Waals surface area (Å²) in [5, 5.41) is 13.9.